The Hall–Kier alpha value is -1.33. The summed E-state index contributed by atoms with van der Waals surface area (Å²) < 4.78 is 0. The van der Waals surface area contributed by atoms with Crippen LogP contribution in [-0.4, -0.2) is 23.9 Å². The molecule has 0 saturated heterocycles. The number of nitrogens with two attached hydrogens (primary N) is 1. The molecule has 1 aliphatic rings. The Morgan fingerprint density at radius 3 is 2.86 bits per heavy atom. The molecular weight excluding hydrogens is 304 g/mol. The normalized spacial score (nSPS) is 20.4. The lowest BCUT2D eigenvalue weighted by Crippen LogP contribution is -2.45. The van der Waals surface area contributed by atoms with Crippen molar-refractivity contribution >= 4 is 40.8 Å². The number of hydrazone groups is 1. The van der Waals surface area contributed by atoms with Crippen LogP contribution in [-0.2, 0) is 0 Å². The number of thiocarbonyl (C=S) groups is 1. The van der Waals surface area contributed by atoms with Crippen LogP contribution in [0, 0.1) is 0 Å². The molecule has 0 saturated carbocycles. The van der Waals surface area contributed by atoms with Crippen molar-refractivity contribution in [1.82, 2.24) is 5.43 Å². The number of hydrogen-bond donors (Lipinski definition) is 2. The molecule has 2 rings (SSSR count). The third kappa shape index (κ3) is 3.30. The minimum absolute atomic E-state index is 0.124. The zero-order chi connectivity index (χ0) is 15.8. The van der Waals surface area contributed by atoms with Crippen LogP contribution in [0.2, 0.25) is 5.02 Å². The fraction of sp³-hybridized carbons (Fsp3) is 0.467. The summed E-state index contributed by atoms with van der Waals surface area (Å²) in [4.78, 5) is 2.29. The first-order valence-electron chi connectivity index (χ1n) is 6.88. The van der Waals surface area contributed by atoms with Gasteiger partial charge in [-0.25, -0.2) is 0 Å². The molecule has 1 atom stereocenters. The highest BCUT2D eigenvalue weighted by molar-refractivity contribution is 7.80. The highest BCUT2D eigenvalue weighted by Gasteiger charge is 2.34. The third-order valence-electron chi connectivity index (χ3n) is 4.13. The van der Waals surface area contributed by atoms with E-state index in [0.29, 0.717) is 10.9 Å². The van der Waals surface area contributed by atoms with E-state index in [0.717, 1.165) is 12.0 Å². The fourth-order valence-electron chi connectivity index (χ4n) is 2.87. The van der Waals surface area contributed by atoms with Gasteiger partial charge in [-0.3, -0.25) is 5.43 Å². The predicted octanol–water partition coefficient (Wildman–Crippen LogP) is 3.23. The van der Waals surface area contributed by atoms with E-state index in [4.69, 9.17) is 29.6 Å². The number of hydrogen-bond acceptors (Lipinski definition) is 3. The summed E-state index contributed by atoms with van der Waals surface area (Å²) in [6, 6.07) is 4.11. The van der Waals surface area contributed by atoms with Crippen molar-refractivity contribution in [2.75, 3.05) is 11.9 Å². The van der Waals surface area contributed by atoms with E-state index in [2.05, 4.69) is 49.3 Å². The van der Waals surface area contributed by atoms with Crippen LogP contribution in [0.25, 0.3) is 0 Å². The van der Waals surface area contributed by atoms with Crippen LogP contribution in [0.4, 0.5) is 5.69 Å². The highest BCUT2D eigenvalue weighted by atomic mass is 35.5. The van der Waals surface area contributed by atoms with Gasteiger partial charge < -0.3 is 10.6 Å². The minimum atomic E-state index is 0.124. The van der Waals surface area contributed by atoms with E-state index in [1.807, 2.05) is 6.07 Å². The second kappa shape index (κ2) is 5.81. The monoisotopic (exact) mass is 324 g/mol. The van der Waals surface area contributed by atoms with Gasteiger partial charge in [0.25, 0.3) is 0 Å². The van der Waals surface area contributed by atoms with Gasteiger partial charge in [0.1, 0.15) is 0 Å². The standard InChI is InChI=1S/C15H21ClN4S/c1-9-7-15(2,3)20(4)13-6-12(16)10(5-11(9)13)8-18-19-14(17)21/h5-6,8-9H,7H2,1-4H3,(H3,17,19,21)/b18-8-. The topological polar surface area (TPSA) is 53.6 Å². The second-order valence-electron chi connectivity index (χ2n) is 6.14. The molecule has 1 heterocycles. The van der Waals surface area contributed by atoms with E-state index in [9.17, 15) is 0 Å². The first-order chi connectivity index (χ1) is 9.72. The summed E-state index contributed by atoms with van der Waals surface area (Å²) in [5.41, 5.74) is 11.3. The summed E-state index contributed by atoms with van der Waals surface area (Å²) in [5, 5.41) is 4.78. The Balaban J connectivity index is 2.41. The minimum Gasteiger partial charge on any atom is -0.375 e. The van der Waals surface area contributed by atoms with Crippen molar-refractivity contribution in [3.8, 4) is 0 Å². The van der Waals surface area contributed by atoms with Crippen molar-refractivity contribution < 1.29 is 0 Å². The zero-order valence-corrected chi connectivity index (χ0v) is 14.3. The Kier molecular flexibility index (Phi) is 4.44. The highest BCUT2D eigenvalue weighted by Crippen LogP contribution is 2.43. The molecule has 0 spiro atoms. The lowest BCUT2D eigenvalue weighted by molar-refractivity contribution is 0.395. The Morgan fingerprint density at radius 2 is 2.24 bits per heavy atom. The number of nitrogens with one attached hydrogen (secondary N) is 1. The predicted molar refractivity (Wildman–Crippen MR) is 94.5 cm³/mol. The number of halogens is 1. The van der Waals surface area contributed by atoms with Gasteiger partial charge in [-0.15, -0.1) is 0 Å². The molecule has 114 valence electrons. The van der Waals surface area contributed by atoms with Gasteiger partial charge in [0.15, 0.2) is 5.11 Å². The first kappa shape index (κ1) is 16.0. The number of anilines is 1. The average molecular weight is 325 g/mol. The summed E-state index contributed by atoms with van der Waals surface area (Å²) in [5.74, 6) is 0.471. The van der Waals surface area contributed by atoms with Crippen LogP contribution in [0.15, 0.2) is 17.2 Å². The molecule has 0 bridgehead atoms. The number of rotatable bonds is 2. The Bertz CT molecular complexity index is 598. The van der Waals surface area contributed by atoms with E-state index in [1.54, 1.807) is 6.21 Å². The van der Waals surface area contributed by atoms with Crippen LogP contribution >= 0.6 is 23.8 Å². The van der Waals surface area contributed by atoms with Gasteiger partial charge in [-0.2, -0.15) is 5.10 Å². The smallest absolute Gasteiger partial charge is 0.184 e. The van der Waals surface area contributed by atoms with E-state index in [-0.39, 0.29) is 10.7 Å². The molecule has 4 nitrogen and oxygen atoms in total. The van der Waals surface area contributed by atoms with Crippen molar-refractivity contribution in [3.63, 3.8) is 0 Å². The summed E-state index contributed by atoms with van der Waals surface area (Å²) in [7, 11) is 2.11. The van der Waals surface area contributed by atoms with Gasteiger partial charge in [0.05, 0.1) is 11.2 Å². The van der Waals surface area contributed by atoms with E-state index in [1.165, 1.54) is 11.3 Å². The second-order valence-corrected chi connectivity index (χ2v) is 6.99. The van der Waals surface area contributed by atoms with Crippen molar-refractivity contribution in [1.29, 1.82) is 0 Å². The van der Waals surface area contributed by atoms with Crippen LogP contribution in [0.1, 0.15) is 44.2 Å². The van der Waals surface area contributed by atoms with Crippen molar-refractivity contribution in [2.45, 2.75) is 38.6 Å². The molecule has 0 amide bonds. The number of benzene rings is 1. The maximum Gasteiger partial charge on any atom is 0.184 e. The molecule has 0 fully saturated rings. The van der Waals surface area contributed by atoms with Crippen molar-refractivity contribution in [3.05, 3.63) is 28.3 Å². The summed E-state index contributed by atoms with van der Waals surface area (Å²) >= 11 is 11.1. The largest absolute Gasteiger partial charge is 0.375 e. The maximum absolute atomic E-state index is 6.37. The van der Waals surface area contributed by atoms with Gasteiger partial charge in [-0.05, 0) is 56.1 Å². The third-order valence-corrected chi connectivity index (χ3v) is 4.55. The summed E-state index contributed by atoms with van der Waals surface area (Å²) in [6.07, 6.45) is 2.74. The molecule has 0 aliphatic carbocycles. The quantitative estimate of drug-likeness (QED) is 0.498. The molecule has 6 heteroatoms. The van der Waals surface area contributed by atoms with Gasteiger partial charge in [0.2, 0.25) is 0 Å². The van der Waals surface area contributed by atoms with Gasteiger partial charge in [0, 0.05) is 23.8 Å². The van der Waals surface area contributed by atoms with Crippen LogP contribution in [0.5, 0.6) is 0 Å². The molecule has 21 heavy (non-hydrogen) atoms. The van der Waals surface area contributed by atoms with Crippen molar-refractivity contribution in [2.24, 2.45) is 10.8 Å². The fourth-order valence-corrected chi connectivity index (χ4v) is 3.13. The number of fused-ring (bicyclic) bond motifs is 1. The van der Waals surface area contributed by atoms with E-state index >= 15 is 0 Å². The molecular formula is C15H21ClN4S. The maximum atomic E-state index is 6.37. The van der Waals surface area contributed by atoms with Crippen LogP contribution < -0.4 is 16.1 Å². The lowest BCUT2D eigenvalue weighted by atomic mass is 9.80. The molecule has 0 radical (unpaired) electrons. The Morgan fingerprint density at radius 1 is 1.57 bits per heavy atom. The van der Waals surface area contributed by atoms with E-state index < -0.39 is 0 Å². The van der Waals surface area contributed by atoms with Crippen LogP contribution in [0.3, 0.4) is 0 Å². The Labute approximate surface area is 136 Å². The van der Waals surface area contributed by atoms with Gasteiger partial charge >= 0.3 is 0 Å². The molecule has 0 aromatic heterocycles. The lowest BCUT2D eigenvalue weighted by Gasteiger charge is -2.45. The molecule has 3 N–H and O–H groups in total. The molecule has 1 aliphatic heterocycles. The zero-order valence-electron chi connectivity index (χ0n) is 12.8. The first-order valence-corrected chi connectivity index (χ1v) is 7.67. The number of nitrogens with zero attached hydrogens (tertiary/aromatic N) is 2. The summed E-state index contributed by atoms with van der Waals surface area (Å²) in [6.45, 7) is 6.75. The average Bonchev–Trinajstić information content (AvgIpc) is 2.36. The van der Waals surface area contributed by atoms with Gasteiger partial charge in [-0.1, -0.05) is 18.5 Å². The molecule has 1 unspecified atom stereocenters. The molecule has 1 aromatic carbocycles. The molecule has 1 aromatic rings. The SMILES string of the molecule is CC1CC(C)(C)N(C)c2cc(Cl)c(/C=N\NC(N)=S)cc21.